The van der Waals surface area contributed by atoms with Gasteiger partial charge in [0.15, 0.2) is 0 Å². The molecule has 0 atom stereocenters. The maximum absolute atomic E-state index is 5.33. The number of anilines is 1. The Bertz CT molecular complexity index is 780. The van der Waals surface area contributed by atoms with Gasteiger partial charge in [0.2, 0.25) is 5.96 Å². The Balaban J connectivity index is 1.81. The predicted molar refractivity (Wildman–Crippen MR) is 106 cm³/mol. The first-order valence-electron chi connectivity index (χ1n) is 8.51. The van der Waals surface area contributed by atoms with Crippen LogP contribution < -0.4 is 16.4 Å². The molecule has 132 valence electrons. The van der Waals surface area contributed by atoms with Gasteiger partial charge in [-0.1, -0.05) is 0 Å². The summed E-state index contributed by atoms with van der Waals surface area (Å²) in [6, 6.07) is 8.68. The molecule has 1 aromatic heterocycles. The number of aryl methyl sites for hydroxylation is 1. The van der Waals surface area contributed by atoms with E-state index in [1.54, 1.807) is 11.3 Å². The number of thiazole rings is 1. The first-order valence-corrected chi connectivity index (χ1v) is 9.32. The van der Waals surface area contributed by atoms with Crippen molar-refractivity contribution >= 4 is 28.7 Å². The Morgan fingerprint density at radius 1 is 1.08 bits per heavy atom. The van der Waals surface area contributed by atoms with Crippen molar-refractivity contribution in [3.8, 4) is 10.6 Å². The predicted octanol–water partition coefficient (Wildman–Crippen LogP) is 3.11. The molecular formula is C18H24N6S. The number of hydrogen-bond acceptors (Lipinski definition) is 5. The summed E-state index contributed by atoms with van der Waals surface area (Å²) in [5.74, 6) is -0.0463. The molecule has 1 saturated heterocycles. The molecule has 6 nitrogen and oxygen atoms in total. The van der Waals surface area contributed by atoms with Gasteiger partial charge in [-0.05, 0) is 57.4 Å². The molecule has 2 aromatic rings. The van der Waals surface area contributed by atoms with Crippen molar-refractivity contribution in [2.75, 3.05) is 18.0 Å². The van der Waals surface area contributed by atoms with Gasteiger partial charge in [-0.2, -0.15) is 5.10 Å². The van der Waals surface area contributed by atoms with Gasteiger partial charge in [0.25, 0.3) is 0 Å². The van der Waals surface area contributed by atoms with Crippen molar-refractivity contribution in [3.05, 3.63) is 34.8 Å². The largest absolute Gasteiger partial charge is 0.372 e. The monoisotopic (exact) mass is 356 g/mol. The van der Waals surface area contributed by atoms with E-state index in [2.05, 4.69) is 44.4 Å². The molecule has 1 aliphatic rings. The highest BCUT2D eigenvalue weighted by Crippen LogP contribution is 2.30. The number of guanidine groups is 1. The van der Waals surface area contributed by atoms with Crippen molar-refractivity contribution in [2.45, 2.75) is 33.1 Å². The van der Waals surface area contributed by atoms with Crippen LogP contribution in [0.3, 0.4) is 0 Å². The highest BCUT2D eigenvalue weighted by Gasteiger charge is 2.14. The number of aromatic nitrogens is 1. The van der Waals surface area contributed by atoms with E-state index in [4.69, 9.17) is 11.5 Å². The van der Waals surface area contributed by atoms with Crippen LogP contribution >= 0.6 is 11.3 Å². The fraction of sp³-hybridized carbons (Fsp3) is 0.389. The third-order valence-corrected chi connectivity index (χ3v) is 5.59. The van der Waals surface area contributed by atoms with E-state index in [-0.39, 0.29) is 5.96 Å². The fourth-order valence-electron chi connectivity index (χ4n) is 3.00. The molecular weight excluding hydrogens is 332 g/mol. The quantitative estimate of drug-likeness (QED) is 0.500. The third-order valence-electron chi connectivity index (χ3n) is 4.28. The third kappa shape index (κ3) is 4.17. The van der Waals surface area contributed by atoms with Gasteiger partial charge in [-0.15, -0.1) is 16.4 Å². The minimum atomic E-state index is -0.0463. The lowest BCUT2D eigenvalue weighted by molar-refractivity contribution is 0.578. The second kappa shape index (κ2) is 7.65. The van der Waals surface area contributed by atoms with Gasteiger partial charge in [0, 0.05) is 24.3 Å². The van der Waals surface area contributed by atoms with Crippen LogP contribution in [0, 0.1) is 6.92 Å². The first-order chi connectivity index (χ1) is 12.0. The van der Waals surface area contributed by atoms with Gasteiger partial charge < -0.3 is 16.4 Å². The molecule has 0 amide bonds. The highest BCUT2D eigenvalue weighted by molar-refractivity contribution is 7.17. The zero-order valence-corrected chi connectivity index (χ0v) is 15.5. The SMILES string of the molecule is C/C(=N\N=C(N)N)c1sc(-c2ccc(N3CCCCC3)cc2)nc1C. The van der Waals surface area contributed by atoms with Gasteiger partial charge in [-0.25, -0.2) is 4.98 Å². The van der Waals surface area contributed by atoms with E-state index >= 15 is 0 Å². The van der Waals surface area contributed by atoms with Gasteiger partial charge >= 0.3 is 0 Å². The first kappa shape index (κ1) is 17.4. The van der Waals surface area contributed by atoms with Crippen LogP contribution in [0.5, 0.6) is 0 Å². The molecule has 0 radical (unpaired) electrons. The topological polar surface area (TPSA) is 92.9 Å². The maximum Gasteiger partial charge on any atom is 0.211 e. The van der Waals surface area contributed by atoms with Crippen molar-refractivity contribution < 1.29 is 0 Å². The average Bonchev–Trinajstić information content (AvgIpc) is 3.02. The Hall–Kier alpha value is -2.41. The van der Waals surface area contributed by atoms with E-state index in [0.717, 1.165) is 39.9 Å². The molecule has 1 aromatic carbocycles. The molecule has 0 aliphatic carbocycles. The molecule has 3 rings (SSSR count). The molecule has 2 heterocycles. The van der Waals surface area contributed by atoms with Crippen LogP contribution in [-0.2, 0) is 0 Å². The molecule has 1 aliphatic heterocycles. The number of nitrogens with two attached hydrogens (primary N) is 2. The lowest BCUT2D eigenvalue weighted by Gasteiger charge is -2.28. The smallest absolute Gasteiger partial charge is 0.211 e. The summed E-state index contributed by atoms with van der Waals surface area (Å²) < 4.78 is 0. The van der Waals surface area contributed by atoms with Gasteiger partial charge in [0.1, 0.15) is 5.01 Å². The van der Waals surface area contributed by atoms with E-state index in [0.29, 0.717) is 0 Å². The van der Waals surface area contributed by atoms with E-state index < -0.39 is 0 Å². The number of nitrogens with zero attached hydrogens (tertiary/aromatic N) is 4. The van der Waals surface area contributed by atoms with Crippen molar-refractivity contribution in [2.24, 2.45) is 21.7 Å². The minimum Gasteiger partial charge on any atom is -0.372 e. The van der Waals surface area contributed by atoms with E-state index in [1.807, 2.05) is 13.8 Å². The maximum atomic E-state index is 5.33. The second-order valence-corrected chi connectivity index (χ2v) is 7.24. The Morgan fingerprint density at radius 2 is 1.76 bits per heavy atom. The van der Waals surface area contributed by atoms with E-state index in [9.17, 15) is 0 Å². The molecule has 0 saturated carbocycles. The number of rotatable bonds is 4. The molecule has 25 heavy (non-hydrogen) atoms. The van der Waals surface area contributed by atoms with E-state index in [1.165, 1.54) is 24.9 Å². The molecule has 0 unspecified atom stereocenters. The fourth-order valence-corrected chi connectivity index (χ4v) is 4.01. The highest BCUT2D eigenvalue weighted by atomic mass is 32.1. The normalized spacial score (nSPS) is 15.3. The summed E-state index contributed by atoms with van der Waals surface area (Å²) in [4.78, 5) is 8.14. The Kier molecular flexibility index (Phi) is 5.33. The van der Waals surface area contributed by atoms with Crippen molar-refractivity contribution in [1.29, 1.82) is 0 Å². The minimum absolute atomic E-state index is 0.0463. The summed E-state index contributed by atoms with van der Waals surface area (Å²) in [7, 11) is 0. The molecule has 1 fully saturated rings. The van der Waals surface area contributed by atoms with Crippen molar-refractivity contribution in [1.82, 2.24) is 4.98 Å². The lowest BCUT2D eigenvalue weighted by Crippen LogP contribution is -2.29. The summed E-state index contributed by atoms with van der Waals surface area (Å²) in [6.07, 6.45) is 3.91. The standard InChI is InChI=1S/C18H24N6S/c1-12-16(13(2)22-23-18(19)20)25-17(21-12)14-6-8-15(9-7-14)24-10-4-3-5-11-24/h6-9H,3-5,10-11H2,1-2H3,(H4,19,20,23)/b22-13+. The van der Waals surface area contributed by atoms with Crippen molar-refractivity contribution in [3.63, 3.8) is 0 Å². The summed E-state index contributed by atoms with van der Waals surface area (Å²) in [6.45, 7) is 6.17. The Labute approximate surface area is 152 Å². The van der Waals surface area contributed by atoms with Crippen LogP contribution in [0.25, 0.3) is 10.6 Å². The Morgan fingerprint density at radius 3 is 2.40 bits per heavy atom. The summed E-state index contributed by atoms with van der Waals surface area (Å²) in [5.41, 5.74) is 14.8. The molecule has 0 bridgehead atoms. The molecule has 7 heteroatoms. The second-order valence-electron chi connectivity index (χ2n) is 6.24. The number of hydrogen-bond donors (Lipinski definition) is 2. The van der Waals surface area contributed by atoms with Crippen LogP contribution in [0.4, 0.5) is 5.69 Å². The van der Waals surface area contributed by atoms with Crippen LogP contribution in [0.15, 0.2) is 34.5 Å². The van der Waals surface area contributed by atoms with Crippen LogP contribution in [0.2, 0.25) is 0 Å². The lowest BCUT2D eigenvalue weighted by atomic mass is 10.1. The van der Waals surface area contributed by atoms with Crippen LogP contribution in [-0.4, -0.2) is 29.7 Å². The molecule has 0 spiro atoms. The molecule has 4 N–H and O–H groups in total. The summed E-state index contributed by atoms with van der Waals surface area (Å²) >= 11 is 1.61. The summed E-state index contributed by atoms with van der Waals surface area (Å²) in [5, 5.41) is 8.76. The number of benzene rings is 1. The van der Waals surface area contributed by atoms with Gasteiger partial charge in [-0.3, -0.25) is 0 Å². The number of piperidine rings is 1. The zero-order chi connectivity index (χ0) is 17.8. The zero-order valence-electron chi connectivity index (χ0n) is 14.7. The van der Waals surface area contributed by atoms with Gasteiger partial charge in [0.05, 0.1) is 16.3 Å². The van der Waals surface area contributed by atoms with Crippen LogP contribution in [0.1, 0.15) is 36.8 Å². The average molecular weight is 356 g/mol.